The van der Waals surface area contributed by atoms with E-state index in [1.54, 1.807) is 12.4 Å². The molecule has 2 fully saturated rings. The number of carbonyl (C=O) groups is 1. The van der Waals surface area contributed by atoms with Gasteiger partial charge in [-0.1, -0.05) is 24.2 Å². The highest BCUT2D eigenvalue weighted by Gasteiger charge is 2.38. The van der Waals surface area contributed by atoms with E-state index in [0.717, 1.165) is 56.0 Å². The van der Waals surface area contributed by atoms with E-state index in [1.165, 1.54) is 0 Å². The first-order valence-electron chi connectivity index (χ1n) is 12.8. The fourth-order valence-electron chi connectivity index (χ4n) is 5.03. The molecule has 2 saturated heterocycles. The third-order valence-electron chi connectivity index (χ3n) is 7.55. The molecule has 9 heteroatoms. The quantitative estimate of drug-likeness (QED) is 0.573. The highest BCUT2D eigenvalue weighted by Crippen LogP contribution is 2.35. The first-order valence-corrected chi connectivity index (χ1v) is 12.8. The van der Waals surface area contributed by atoms with Crippen LogP contribution in [-0.4, -0.2) is 76.3 Å². The second-order valence-corrected chi connectivity index (χ2v) is 10.3. The van der Waals surface area contributed by atoms with Crippen LogP contribution < -0.4 is 10.2 Å². The van der Waals surface area contributed by atoms with E-state index >= 15 is 0 Å². The second-order valence-electron chi connectivity index (χ2n) is 10.3. The summed E-state index contributed by atoms with van der Waals surface area (Å²) in [5.41, 5.74) is 2.52. The number of piperazine rings is 1. The largest absolute Gasteiger partial charge is 0.367 e. The molecule has 5 rings (SSSR count). The van der Waals surface area contributed by atoms with E-state index in [-0.39, 0.29) is 11.4 Å². The lowest BCUT2D eigenvalue weighted by molar-refractivity contribution is 0.155. The summed E-state index contributed by atoms with van der Waals surface area (Å²) in [6.45, 7) is 11.8. The summed E-state index contributed by atoms with van der Waals surface area (Å²) in [5.74, 6) is 1.16. The zero-order chi connectivity index (χ0) is 25.1. The van der Waals surface area contributed by atoms with Crippen LogP contribution in [-0.2, 0) is 5.41 Å². The number of amides is 2. The van der Waals surface area contributed by atoms with Gasteiger partial charge in [0, 0.05) is 63.3 Å². The van der Waals surface area contributed by atoms with Gasteiger partial charge >= 0.3 is 6.03 Å². The molecule has 0 aliphatic carbocycles. The lowest BCUT2D eigenvalue weighted by Crippen LogP contribution is -2.49. The van der Waals surface area contributed by atoms with Gasteiger partial charge in [0.05, 0.1) is 16.8 Å². The molecular weight excluding hydrogens is 454 g/mol. The fraction of sp³-hybridized carbons (Fsp3) is 0.481. The van der Waals surface area contributed by atoms with Gasteiger partial charge in [0.25, 0.3) is 0 Å². The minimum absolute atomic E-state index is 0.0631. The average Bonchev–Trinajstić information content (AvgIpc) is 3.42. The highest BCUT2D eigenvalue weighted by atomic mass is 16.5. The number of hydrogen-bond acceptors (Lipinski definition) is 7. The fourth-order valence-corrected chi connectivity index (χ4v) is 5.03. The Morgan fingerprint density at radius 3 is 2.47 bits per heavy atom. The Labute approximate surface area is 212 Å². The molecule has 36 heavy (non-hydrogen) atoms. The predicted molar refractivity (Wildman–Crippen MR) is 140 cm³/mol. The van der Waals surface area contributed by atoms with Gasteiger partial charge in [-0.2, -0.15) is 4.98 Å². The summed E-state index contributed by atoms with van der Waals surface area (Å²) in [5, 5.41) is 7.34. The molecule has 4 heterocycles. The van der Waals surface area contributed by atoms with Gasteiger partial charge in [0.1, 0.15) is 0 Å². The second kappa shape index (κ2) is 10.3. The maximum Gasteiger partial charge on any atom is 0.321 e. The van der Waals surface area contributed by atoms with Gasteiger partial charge < -0.3 is 19.6 Å². The van der Waals surface area contributed by atoms with E-state index < -0.39 is 0 Å². The van der Waals surface area contributed by atoms with Crippen molar-refractivity contribution in [3.05, 3.63) is 54.7 Å². The number of urea groups is 1. The van der Waals surface area contributed by atoms with Crippen LogP contribution in [0.25, 0.3) is 11.4 Å². The van der Waals surface area contributed by atoms with E-state index in [2.05, 4.69) is 57.1 Å². The number of piperidine rings is 1. The molecule has 190 valence electrons. The first-order chi connectivity index (χ1) is 17.4. The van der Waals surface area contributed by atoms with Crippen molar-refractivity contribution in [1.29, 1.82) is 0 Å². The van der Waals surface area contributed by atoms with Crippen LogP contribution in [0.15, 0.2) is 53.3 Å². The number of likely N-dealkylation sites (tertiary alicyclic amines) is 1. The Hall–Kier alpha value is -3.46. The van der Waals surface area contributed by atoms with Crippen molar-refractivity contribution in [2.24, 2.45) is 0 Å². The molecule has 0 bridgehead atoms. The molecule has 9 nitrogen and oxygen atoms in total. The lowest BCUT2D eigenvalue weighted by Gasteiger charge is -2.39. The number of nitrogens with zero attached hydrogens (tertiary/aromatic N) is 6. The maximum absolute atomic E-state index is 13.2. The minimum Gasteiger partial charge on any atom is -0.367 e. The number of aromatic nitrogens is 3. The number of pyridine rings is 1. The molecule has 1 N–H and O–H groups in total. The van der Waals surface area contributed by atoms with Gasteiger partial charge in [0.2, 0.25) is 11.7 Å². The van der Waals surface area contributed by atoms with Crippen molar-refractivity contribution >= 4 is 17.4 Å². The first kappa shape index (κ1) is 24.2. The smallest absolute Gasteiger partial charge is 0.321 e. The highest BCUT2D eigenvalue weighted by molar-refractivity contribution is 5.93. The maximum atomic E-state index is 13.2. The SMILES string of the molecule is CC(C)N1CCN(c2ccccc2NC(=O)N2CCC(C)(c3nc(-c4cccnc4)no3)CC2)CC1. The van der Waals surface area contributed by atoms with Gasteiger partial charge in [-0.3, -0.25) is 9.88 Å². The number of anilines is 2. The van der Waals surface area contributed by atoms with Gasteiger partial charge in [0.15, 0.2) is 0 Å². The van der Waals surface area contributed by atoms with E-state index in [1.807, 2.05) is 35.2 Å². The minimum atomic E-state index is -0.266. The molecule has 0 saturated carbocycles. The Balaban J connectivity index is 1.20. The monoisotopic (exact) mass is 489 g/mol. The molecule has 0 atom stereocenters. The molecule has 0 unspecified atom stereocenters. The molecule has 0 spiro atoms. The zero-order valence-corrected chi connectivity index (χ0v) is 21.4. The molecule has 3 aromatic rings. The van der Waals surface area contributed by atoms with Crippen LogP contribution in [0.1, 0.15) is 39.5 Å². The number of hydrogen-bond donors (Lipinski definition) is 1. The molecule has 2 amide bonds. The van der Waals surface area contributed by atoms with E-state index in [0.29, 0.717) is 30.8 Å². The molecule has 2 aromatic heterocycles. The summed E-state index contributed by atoms with van der Waals surface area (Å²) in [6.07, 6.45) is 4.96. The van der Waals surface area contributed by atoms with Gasteiger partial charge in [-0.15, -0.1) is 0 Å². The summed E-state index contributed by atoms with van der Waals surface area (Å²) in [6, 6.07) is 12.4. The van der Waals surface area contributed by atoms with Gasteiger partial charge in [-0.25, -0.2) is 4.79 Å². The summed E-state index contributed by atoms with van der Waals surface area (Å²) in [4.78, 5) is 28.7. The van der Waals surface area contributed by atoms with Crippen LogP contribution >= 0.6 is 0 Å². The Morgan fingerprint density at radius 2 is 1.78 bits per heavy atom. The predicted octanol–water partition coefficient (Wildman–Crippen LogP) is 4.25. The molecule has 0 radical (unpaired) electrons. The Kier molecular flexibility index (Phi) is 6.91. The molecule has 2 aliphatic rings. The molecular formula is C27H35N7O2. The van der Waals surface area contributed by atoms with E-state index in [9.17, 15) is 4.79 Å². The summed E-state index contributed by atoms with van der Waals surface area (Å²) >= 11 is 0. The third-order valence-corrected chi connectivity index (χ3v) is 7.55. The summed E-state index contributed by atoms with van der Waals surface area (Å²) < 4.78 is 5.64. The molecule has 2 aliphatic heterocycles. The van der Waals surface area contributed by atoms with Crippen molar-refractivity contribution in [3.63, 3.8) is 0 Å². The molecule has 1 aromatic carbocycles. The van der Waals surface area contributed by atoms with E-state index in [4.69, 9.17) is 4.52 Å². The van der Waals surface area contributed by atoms with Crippen molar-refractivity contribution in [1.82, 2.24) is 24.9 Å². The van der Waals surface area contributed by atoms with Crippen LogP contribution in [0.5, 0.6) is 0 Å². The standard InChI is InChI=1S/C27H35N7O2/c1-20(2)32-15-17-33(18-16-32)23-9-5-4-8-22(23)29-26(35)34-13-10-27(3,11-14-34)25-30-24(31-36-25)21-7-6-12-28-19-21/h4-9,12,19-20H,10-11,13-18H2,1-3H3,(H,29,35). The zero-order valence-electron chi connectivity index (χ0n) is 21.4. The van der Waals surface area contributed by atoms with Crippen LogP contribution in [0.3, 0.4) is 0 Å². The summed E-state index contributed by atoms with van der Waals surface area (Å²) in [7, 11) is 0. The van der Waals surface area contributed by atoms with Crippen LogP contribution in [0.2, 0.25) is 0 Å². The lowest BCUT2D eigenvalue weighted by atomic mass is 9.80. The average molecular weight is 490 g/mol. The van der Waals surface area contributed by atoms with Crippen LogP contribution in [0.4, 0.5) is 16.2 Å². The van der Waals surface area contributed by atoms with Crippen molar-refractivity contribution in [3.8, 4) is 11.4 Å². The van der Waals surface area contributed by atoms with Crippen molar-refractivity contribution in [2.75, 3.05) is 49.5 Å². The van der Waals surface area contributed by atoms with Crippen molar-refractivity contribution in [2.45, 2.75) is 45.1 Å². The third kappa shape index (κ3) is 5.06. The number of benzene rings is 1. The Bertz CT molecular complexity index is 1160. The topological polar surface area (TPSA) is 90.6 Å². The number of rotatable bonds is 5. The normalized spacial score (nSPS) is 18.4. The number of carbonyl (C=O) groups excluding carboxylic acids is 1. The van der Waals surface area contributed by atoms with Crippen LogP contribution in [0, 0.1) is 0 Å². The van der Waals surface area contributed by atoms with Crippen molar-refractivity contribution < 1.29 is 9.32 Å². The van der Waals surface area contributed by atoms with Gasteiger partial charge in [-0.05, 0) is 51.0 Å². The number of para-hydroxylation sites is 2. The Morgan fingerprint density at radius 1 is 1.03 bits per heavy atom. The number of nitrogens with one attached hydrogen (secondary N) is 1.